The number of nitrogens with zero attached hydrogens (tertiary/aromatic N) is 5. The average Bonchev–Trinajstić information content (AvgIpc) is 3.71. The van der Waals surface area contributed by atoms with Crippen molar-refractivity contribution in [3.05, 3.63) is 123 Å². The summed E-state index contributed by atoms with van der Waals surface area (Å²) in [5.74, 6) is 2.50. The summed E-state index contributed by atoms with van der Waals surface area (Å²) in [4.78, 5) is 18.6. The Bertz CT molecular complexity index is 2050. The van der Waals surface area contributed by atoms with Crippen molar-refractivity contribution in [2.45, 2.75) is 13.0 Å². The average molecular weight is 576 g/mol. The van der Waals surface area contributed by atoms with Gasteiger partial charge in [0.15, 0.2) is 23.4 Å². The van der Waals surface area contributed by atoms with Crippen molar-refractivity contribution in [1.29, 1.82) is 0 Å². The molecule has 0 saturated carbocycles. The molecule has 1 atom stereocenters. The topological polar surface area (TPSA) is 92.8 Å². The van der Waals surface area contributed by atoms with E-state index in [9.17, 15) is 4.79 Å². The largest absolute Gasteiger partial charge is 0.489 e. The van der Waals surface area contributed by atoms with E-state index in [1.54, 1.807) is 6.08 Å². The molecule has 9 nitrogen and oxygen atoms in total. The van der Waals surface area contributed by atoms with Gasteiger partial charge in [-0.25, -0.2) is 4.68 Å². The van der Waals surface area contributed by atoms with Crippen LogP contribution in [0.4, 0.5) is 0 Å². The van der Waals surface area contributed by atoms with Gasteiger partial charge >= 0.3 is 0 Å². The summed E-state index contributed by atoms with van der Waals surface area (Å²) in [6, 6.07) is 23.2. The van der Waals surface area contributed by atoms with Crippen molar-refractivity contribution < 1.29 is 14.2 Å². The van der Waals surface area contributed by atoms with Crippen LogP contribution >= 0.6 is 11.3 Å². The molecule has 4 heterocycles. The lowest BCUT2D eigenvalue weighted by Crippen LogP contribution is -2.26. The van der Waals surface area contributed by atoms with E-state index in [2.05, 4.69) is 16.7 Å². The fraction of sp³-hybridized carbons (Fsp3) is 0.125. The second kappa shape index (κ2) is 10.6. The van der Waals surface area contributed by atoms with Crippen LogP contribution in [0, 0.1) is 6.92 Å². The predicted octanol–water partition coefficient (Wildman–Crippen LogP) is 4.94. The molecule has 0 radical (unpaired) electrons. The van der Waals surface area contributed by atoms with Crippen molar-refractivity contribution in [1.82, 2.24) is 24.4 Å². The van der Waals surface area contributed by atoms with E-state index in [0.29, 0.717) is 33.4 Å². The number of thiazole rings is 1. The van der Waals surface area contributed by atoms with E-state index in [0.717, 1.165) is 33.8 Å². The Morgan fingerprint density at radius 2 is 1.88 bits per heavy atom. The second-order valence-corrected chi connectivity index (χ2v) is 10.7. The number of fused-ring (bicyclic) bond motifs is 2. The van der Waals surface area contributed by atoms with Gasteiger partial charge in [-0.3, -0.25) is 4.79 Å². The SMILES string of the molecule is C=CCOc1ccc(-c2nn(-c3ccccc3)cc2/C=c2\sc3nc(C4COc5ccccc5O4)nn3c2=O)cc1C. The quantitative estimate of drug-likeness (QED) is 0.249. The molecule has 0 saturated heterocycles. The van der Waals surface area contributed by atoms with Crippen LogP contribution in [0.5, 0.6) is 17.2 Å². The molecule has 1 aliphatic rings. The molecule has 0 amide bonds. The first-order valence-electron chi connectivity index (χ1n) is 13.4. The standard InChI is InChI=1S/C32H25N5O4S/c1-3-15-39-24-14-13-21(16-20(24)2)29-22(18-36(34-29)23-9-5-4-6-10-23)17-28-31(38)37-32(42-28)33-30(35-37)27-19-40-25-11-7-8-12-26(25)41-27/h3-14,16-18,27H,1,15,19H2,2H3/b28-17-. The molecule has 7 rings (SSSR count). The normalized spacial score (nSPS) is 14.8. The smallest absolute Gasteiger partial charge is 0.291 e. The van der Waals surface area contributed by atoms with Crippen molar-refractivity contribution in [3.63, 3.8) is 0 Å². The third-order valence-corrected chi connectivity index (χ3v) is 7.81. The highest BCUT2D eigenvalue weighted by Crippen LogP contribution is 2.35. The Balaban J connectivity index is 1.27. The van der Waals surface area contributed by atoms with Gasteiger partial charge in [0.25, 0.3) is 5.56 Å². The van der Waals surface area contributed by atoms with Crippen LogP contribution in [0.25, 0.3) is 28.0 Å². The van der Waals surface area contributed by atoms with Gasteiger partial charge in [-0.05, 0) is 61.0 Å². The van der Waals surface area contributed by atoms with Crippen LogP contribution in [0.15, 0.2) is 96.4 Å². The maximum absolute atomic E-state index is 13.5. The van der Waals surface area contributed by atoms with Crippen LogP contribution in [-0.4, -0.2) is 37.6 Å². The fourth-order valence-electron chi connectivity index (χ4n) is 4.81. The Kier molecular flexibility index (Phi) is 6.52. The molecule has 208 valence electrons. The monoisotopic (exact) mass is 575 g/mol. The maximum Gasteiger partial charge on any atom is 0.291 e. The highest BCUT2D eigenvalue weighted by atomic mass is 32.1. The first kappa shape index (κ1) is 25.7. The molecule has 1 aliphatic heterocycles. The van der Waals surface area contributed by atoms with E-state index in [4.69, 9.17) is 19.3 Å². The molecule has 0 N–H and O–H groups in total. The number of hydrogen-bond acceptors (Lipinski definition) is 8. The van der Waals surface area contributed by atoms with Gasteiger partial charge in [0.1, 0.15) is 24.7 Å². The molecule has 0 aliphatic carbocycles. The second-order valence-electron chi connectivity index (χ2n) is 9.74. The predicted molar refractivity (Wildman–Crippen MR) is 161 cm³/mol. The zero-order valence-corrected chi connectivity index (χ0v) is 23.5. The van der Waals surface area contributed by atoms with Crippen LogP contribution in [0.1, 0.15) is 23.1 Å². The molecule has 3 aromatic carbocycles. The number of benzene rings is 3. The lowest BCUT2D eigenvalue weighted by Gasteiger charge is -2.24. The minimum absolute atomic E-state index is 0.256. The number of rotatable bonds is 7. The lowest BCUT2D eigenvalue weighted by atomic mass is 10.0. The van der Waals surface area contributed by atoms with E-state index in [1.165, 1.54) is 15.9 Å². The zero-order valence-electron chi connectivity index (χ0n) is 22.6. The highest BCUT2D eigenvalue weighted by molar-refractivity contribution is 7.15. The minimum Gasteiger partial charge on any atom is -0.489 e. The Morgan fingerprint density at radius 3 is 2.67 bits per heavy atom. The number of hydrogen-bond donors (Lipinski definition) is 0. The van der Waals surface area contributed by atoms with E-state index >= 15 is 0 Å². The summed E-state index contributed by atoms with van der Waals surface area (Å²) in [7, 11) is 0. The molecular formula is C32H25N5O4S. The molecule has 0 spiro atoms. The molecule has 42 heavy (non-hydrogen) atoms. The summed E-state index contributed by atoms with van der Waals surface area (Å²) in [5.41, 5.74) is 4.06. The maximum atomic E-state index is 13.5. The molecule has 0 bridgehead atoms. The summed E-state index contributed by atoms with van der Waals surface area (Å²) >= 11 is 1.27. The van der Waals surface area contributed by atoms with Crippen LogP contribution < -0.4 is 24.3 Å². The Hall–Kier alpha value is -5.22. The van der Waals surface area contributed by atoms with Gasteiger partial charge in [0.05, 0.1) is 10.2 Å². The summed E-state index contributed by atoms with van der Waals surface area (Å²) in [6.07, 6.45) is 4.98. The number of ether oxygens (including phenoxy) is 3. The van der Waals surface area contributed by atoms with Crippen LogP contribution in [0.2, 0.25) is 0 Å². The molecule has 1 unspecified atom stereocenters. The van der Waals surface area contributed by atoms with Crippen LogP contribution in [0.3, 0.4) is 0 Å². The van der Waals surface area contributed by atoms with Crippen LogP contribution in [-0.2, 0) is 0 Å². The Labute approximate surface area is 244 Å². The van der Waals surface area contributed by atoms with Crippen molar-refractivity contribution in [2.75, 3.05) is 13.2 Å². The number of aryl methyl sites for hydroxylation is 1. The summed E-state index contributed by atoms with van der Waals surface area (Å²) in [5, 5.41) is 9.39. The van der Waals surface area contributed by atoms with Crippen molar-refractivity contribution >= 4 is 22.4 Å². The summed E-state index contributed by atoms with van der Waals surface area (Å²) < 4.78 is 21.3. The first-order chi connectivity index (χ1) is 20.6. The highest BCUT2D eigenvalue weighted by Gasteiger charge is 2.27. The number of aromatic nitrogens is 5. The zero-order chi connectivity index (χ0) is 28.6. The number of para-hydroxylation sites is 3. The van der Waals surface area contributed by atoms with E-state index in [-0.39, 0.29) is 12.2 Å². The molecule has 10 heteroatoms. The third-order valence-electron chi connectivity index (χ3n) is 6.85. The van der Waals surface area contributed by atoms with Crippen molar-refractivity contribution in [2.24, 2.45) is 0 Å². The van der Waals surface area contributed by atoms with E-state index in [1.807, 2.05) is 96.7 Å². The summed E-state index contributed by atoms with van der Waals surface area (Å²) in [6.45, 7) is 6.41. The molecule has 0 fully saturated rings. The lowest BCUT2D eigenvalue weighted by molar-refractivity contribution is 0.0852. The fourth-order valence-corrected chi connectivity index (χ4v) is 5.72. The van der Waals surface area contributed by atoms with Gasteiger partial charge in [-0.1, -0.05) is 54.3 Å². The van der Waals surface area contributed by atoms with Gasteiger partial charge < -0.3 is 14.2 Å². The van der Waals surface area contributed by atoms with Crippen molar-refractivity contribution in [3.8, 4) is 34.2 Å². The van der Waals surface area contributed by atoms with Gasteiger partial charge in [0, 0.05) is 17.3 Å². The first-order valence-corrected chi connectivity index (χ1v) is 14.2. The molecular weight excluding hydrogens is 550 g/mol. The Morgan fingerprint density at radius 1 is 1.07 bits per heavy atom. The molecule has 3 aromatic heterocycles. The van der Waals surface area contributed by atoms with Gasteiger partial charge in [-0.2, -0.15) is 14.6 Å². The molecule has 6 aromatic rings. The third kappa shape index (κ3) is 4.71. The minimum atomic E-state index is -0.504. The van der Waals surface area contributed by atoms with Gasteiger partial charge in [0.2, 0.25) is 4.96 Å². The van der Waals surface area contributed by atoms with Gasteiger partial charge in [-0.15, -0.1) is 5.10 Å². The van der Waals surface area contributed by atoms with E-state index < -0.39 is 6.10 Å².